The van der Waals surface area contributed by atoms with E-state index in [0.29, 0.717) is 12.8 Å². The number of unbranched alkanes of at least 4 members (excludes halogenated alkanes) is 9. The Balaban J connectivity index is 4.09. The summed E-state index contributed by atoms with van der Waals surface area (Å²) in [6.45, 7) is 3.41. The molecule has 0 aliphatic carbocycles. The Morgan fingerprint density at radius 1 is 0.297 bits per heavy atom. The van der Waals surface area contributed by atoms with Crippen molar-refractivity contribution in [1.29, 1.82) is 0 Å². The van der Waals surface area contributed by atoms with Gasteiger partial charge < -0.3 is 20.1 Å². The highest BCUT2D eigenvalue weighted by atomic mass is 31.2. The molecule has 2 atom stereocenters. The van der Waals surface area contributed by atoms with E-state index in [1.165, 1.54) is 12.8 Å². The minimum atomic E-state index is -4.43. The number of rotatable bonds is 68. The molecule has 0 aromatic rings. The van der Waals surface area contributed by atoms with Gasteiger partial charge in [0.25, 0.3) is 0 Å². The van der Waals surface area contributed by atoms with Crippen LogP contribution in [-0.4, -0.2) is 49.3 Å². The number of carbonyl (C=O) groups is 2. The van der Waals surface area contributed by atoms with Crippen LogP contribution in [0, 0.1) is 0 Å². The summed E-state index contributed by atoms with van der Waals surface area (Å²) in [5, 5.41) is 0. The first-order valence-corrected chi connectivity index (χ1v) is 40.0. The monoisotopic (exact) mass is 1400 g/mol. The fourth-order valence-corrected chi connectivity index (χ4v) is 9.97. The van der Waals surface area contributed by atoms with Gasteiger partial charge in [-0.2, -0.15) is 0 Å². The molecule has 0 spiro atoms. The van der Waals surface area contributed by atoms with Crippen molar-refractivity contribution in [1.82, 2.24) is 0 Å². The molecule has 0 aromatic carbocycles. The van der Waals surface area contributed by atoms with Crippen molar-refractivity contribution in [3.63, 3.8) is 0 Å². The molecule has 3 N–H and O–H groups in total. The van der Waals surface area contributed by atoms with Crippen molar-refractivity contribution in [2.24, 2.45) is 5.73 Å². The number of phosphoric ester groups is 1. The van der Waals surface area contributed by atoms with Gasteiger partial charge in [-0.25, -0.2) is 4.57 Å². The predicted octanol–water partition coefficient (Wildman–Crippen LogP) is 26.4. The van der Waals surface area contributed by atoms with Gasteiger partial charge in [0.05, 0.1) is 13.2 Å². The van der Waals surface area contributed by atoms with Crippen LogP contribution in [0.5, 0.6) is 0 Å². The molecular formula is C91H136NO8P. The van der Waals surface area contributed by atoms with Gasteiger partial charge in [0.2, 0.25) is 0 Å². The fraction of sp³-hybridized carbons (Fsp3) is 0.473. The minimum absolute atomic E-state index is 0.0292. The molecule has 0 bridgehead atoms. The number of allylic oxidation sites excluding steroid dienone is 46. The highest BCUT2D eigenvalue weighted by Crippen LogP contribution is 2.43. The van der Waals surface area contributed by atoms with E-state index in [-0.39, 0.29) is 32.6 Å². The molecule has 101 heavy (non-hydrogen) atoms. The Bertz CT molecular complexity index is 2720. The van der Waals surface area contributed by atoms with Crippen LogP contribution in [0.4, 0.5) is 0 Å². The van der Waals surface area contributed by atoms with Crippen molar-refractivity contribution < 1.29 is 37.6 Å². The molecule has 0 radical (unpaired) electrons. The lowest BCUT2D eigenvalue weighted by atomic mass is 10.1. The van der Waals surface area contributed by atoms with Crippen molar-refractivity contribution >= 4 is 19.8 Å². The largest absolute Gasteiger partial charge is 0.472 e. The lowest BCUT2D eigenvalue weighted by molar-refractivity contribution is -0.161. The molecule has 0 saturated heterocycles. The second-order valence-electron chi connectivity index (χ2n) is 24.0. The number of phosphoric acid groups is 1. The lowest BCUT2D eigenvalue weighted by Gasteiger charge is -2.19. The van der Waals surface area contributed by atoms with Crippen molar-refractivity contribution in [2.75, 3.05) is 26.4 Å². The van der Waals surface area contributed by atoms with Crippen LogP contribution in [0.15, 0.2) is 279 Å². The Morgan fingerprint density at radius 3 is 0.782 bits per heavy atom. The summed E-state index contributed by atoms with van der Waals surface area (Å²) < 4.78 is 33.1. The zero-order valence-corrected chi connectivity index (χ0v) is 63.6. The average Bonchev–Trinajstić information content (AvgIpc) is 1.01. The van der Waals surface area contributed by atoms with Crippen molar-refractivity contribution in [2.45, 2.75) is 251 Å². The van der Waals surface area contributed by atoms with Crippen LogP contribution >= 0.6 is 7.82 Å². The molecule has 0 saturated carbocycles. The van der Waals surface area contributed by atoms with Gasteiger partial charge in [-0.05, 0) is 186 Å². The molecule has 0 aromatic heterocycles. The first-order valence-electron chi connectivity index (χ1n) is 38.5. The first-order chi connectivity index (χ1) is 49.8. The summed E-state index contributed by atoms with van der Waals surface area (Å²) in [6.07, 6.45) is 134. The molecule has 0 fully saturated rings. The number of nitrogens with two attached hydrogens (primary N) is 1. The molecule has 0 rings (SSSR count). The summed E-state index contributed by atoms with van der Waals surface area (Å²) in [5.74, 6) is -0.915. The maximum Gasteiger partial charge on any atom is 0.472 e. The van der Waals surface area contributed by atoms with Crippen molar-refractivity contribution in [3.8, 4) is 0 Å². The SMILES string of the molecule is CC/C=C\C/C=C\C/C=C\C/C=C\C/C=C\C/C=C\C/C=C\C/C=C\C/C=C\C/C=C\C/C=C\C/C=C\CCCCC(=O)OC(COC(=O)CCCCCCCCC/C=C\C/C=C\C/C=C\C/C=C\C/C=C\C/C=C\C/C=C\C/C=C\C/C=C\C/C=C\C/C=C\CC)COP(=O)(O)OCCN. The number of esters is 2. The van der Waals surface area contributed by atoms with Gasteiger partial charge in [0, 0.05) is 19.4 Å². The van der Waals surface area contributed by atoms with Gasteiger partial charge in [0.15, 0.2) is 6.10 Å². The van der Waals surface area contributed by atoms with Gasteiger partial charge in [-0.15, -0.1) is 0 Å². The lowest BCUT2D eigenvalue weighted by Crippen LogP contribution is -2.29. The highest BCUT2D eigenvalue weighted by Gasteiger charge is 2.26. The maximum absolute atomic E-state index is 12.8. The van der Waals surface area contributed by atoms with Crippen molar-refractivity contribution in [3.05, 3.63) is 279 Å². The number of carbonyl (C=O) groups excluding carboxylic acids is 2. The van der Waals surface area contributed by atoms with E-state index >= 15 is 0 Å². The van der Waals surface area contributed by atoms with Crippen LogP contribution in [0.1, 0.15) is 245 Å². The Hall–Kier alpha value is -6.97. The smallest absolute Gasteiger partial charge is 0.462 e. The van der Waals surface area contributed by atoms with Crippen LogP contribution in [0.3, 0.4) is 0 Å². The third kappa shape index (κ3) is 81.9. The Labute approximate surface area is 616 Å². The first kappa shape index (κ1) is 94.0. The van der Waals surface area contributed by atoms with E-state index < -0.39 is 32.5 Å². The van der Waals surface area contributed by atoms with E-state index in [1.54, 1.807) is 0 Å². The molecule has 0 aliphatic heterocycles. The molecule has 2 unspecified atom stereocenters. The Morgan fingerprint density at radius 2 is 0.515 bits per heavy atom. The summed E-state index contributed by atoms with van der Waals surface area (Å²) in [5.41, 5.74) is 5.40. The Kier molecular flexibility index (Phi) is 76.3. The maximum atomic E-state index is 12.8. The van der Waals surface area contributed by atoms with Crippen LogP contribution in [0.2, 0.25) is 0 Å². The quantitative estimate of drug-likeness (QED) is 0.0264. The van der Waals surface area contributed by atoms with E-state index in [4.69, 9.17) is 24.3 Å². The zero-order chi connectivity index (χ0) is 72.9. The summed E-state index contributed by atoms with van der Waals surface area (Å²) in [6, 6.07) is 0. The van der Waals surface area contributed by atoms with E-state index in [1.807, 2.05) is 0 Å². The highest BCUT2D eigenvalue weighted by molar-refractivity contribution is 7.47. The number of hydrogen-bond acceptors (Lipinski definition) is 8. The topological polar surface area (TPSA) is 134 Å². The third-order valence-electron chi connectivity index (χ3n) is 14.8. The summed E-state index contributed by atoms with van der Waals surface area (Å²) >= 11 is 0. The van der Waals surface area contributed by atoms with Gasteiger partial charge >= 0.3 is 19.8 Å². The molecule has 10 heteroatoms. The second kappa shape index (κ2) is 82.0. The standard InChI is InChI=1S/C91H136NO8P/c1-3-5-7-9-11-13-15-17-19-21-23-25-27-29-31-33-35-37-39-41-43-44-46-47-49-51-53-55-57-59-61-63-65-67-69-71-73-75-77-79-81-83-90(93)97-87-89(88-99-101(95,96)98-86-85-92)100-91(94)84-82-80-78-76-74-72-70-68-66-64-62-60-58-56-54-52-50-48-45-42-40-38-36-34-32-30-28-26-24-22-20-18-16-14-12-10-8-6-4-2/h5-8,11-14,17-20,23-26,29-32,35-38,41-43,45-47,50-53,56-59,62-65,68,70,74,76,89H,3-4,9-10,15-16,21-22,27-28,33-34,39-40,44,48-49,54-55,60-61,66-67,69,71-73,75,77-88,92H2,1-2H3,(H,95,96)/b7-5-,8-6-,13-11-,14-12-,19-17-,20-18-,25-23-,26-24-,31-29-,32-30-,37-35-,38-36-,43-41-,45-42-,47-46-,52-50-,53-51-,58-56-,59-57-,64-62-,65-63-,70-68-,76-74-. The van der Waals surface area contributed by atoms with Crippen LogP contribution < -0.4 is 5.73 Å². The van der Waals surface area contributed by atoms with Crippen LogP contribution in [0.25, 0.3) is 0 Å². The molecule has 0 aliphatic rings. The van der Waals surface area contributed by atoms with Gasteiger partial charge in [0.1, 0.15) is 6.61 Å². The molecular weight excluding hydrogens is 1270 g/mol. The van der Waals surface area contributed by atoms with Gasteiger partial charge in [-0.1, -0.05) is 325 Å². The number of ether oxygens (including phenoxy) is 2. The van der Waals surface area contributed by atoms with E-state index in [2.05, 4.69) is 293 Å². The second-order valence-corrected chi connectivity index (χ2v) is 25.5. The third-order valence-corrected chi connectivity index (χ3v) is 15.8. The summed E-state index contributed by atoms with van der Waals surface area (Å²) in [4.78, 5) is 35.4. The molecule has 558 valence electrons. The zero-order valence-electron chi connectivity index (χ0n) is 62.7. The number of hydrogen-bond donors (Lipinski definition) is 2. The normalized spacial score (nSPS) is 14.5. The summed E-state index contributed by atoms with van der Waals surface area (Å²) in [7, 11) is -4.43. The molecule has 0 heterocycles. The minimum Gasteiger partial charge on any atom is -0.462 e. The van der Waals surface area contributed by atoms with Crippen LogP contribution in [-0.2, 0) is 32.7 Å². The van der Waals surface area contributed by atoms with Gasteiger partial charge in [-0.3, -0.25) is 18.6 Å². The molecule has 0 amide bonds. The van der Waals surface area contributed by atoms with E-state index in [9.17, 15) is 19.0 Å². The van der Waals surface area contributed by atoms with E-state index in [0.717, 1.165) is 193 Å². The predicted molar refractivity (Wildman–Crippen MR) is 439 cm³/mol. The molecule has 9 nitrogen and oxygen atoms in total. The fourth-order valence-electron chi connectivity index (χ4n) is 9.21. The average molecular weight is 1400 g/mol.